The summed E-state index contributed by atoms with van der Waals surface area (Å²) >= 11 is 1.43. The van der Waals surface area contributed by atoms with Gasteiger partial charge in [-0.3, -0.25) is 13.8 Å². The molecule has 0 aliphatic heterocycles. The van der Waals surface area contributed by atoms with Crippen LogP contribution >= 0.6 is 19.6 Å². The second kappa shape index (κ2) is 29.6. The summed E-state index contributed by atoms with van der Waals surface area (Å²) in [6.45, 7) is 3.38. The minimum atomic E-state index is -4.49. The number of carboxylic acids is 1. The van der Waals surface area contributed by atoms with Crippen molar-refractivity contribution in [3.63, 3.8) is 0 Å². The van der Waals surface area contributed by atoms with Crippen molar-refractivity contribution >= 4 is 31.5 Å². The Bertz CT molecular complexity index is 930. The average Bonchev–Trinajstić information content (AvgIpc) is 3.04. The van der Waals surface area contributed by atoms with Gasteiger partial charge >= 0.3 is 13.8 Å². The zero-order valence-corrected chi connectivity index (χ0v) is 28.6. The van der Waals surface area contributed by atoms with Gasteiger partial charge in [0.1, 0.15) is 0 Å². The number of hydrogen-bond donors (Lipinski definition) is 4. The SMILES string of the molecule is O=C(CSCCCCCCCCCCCOCCOCCOCCOCCO)NC(COP(=O)(O)OCc1ccccc1)C(=O)O. The summed E-state index contributed by atoms with van der Waals surface area (Å²) in [5.41, 5.74) is 0.658. The number of rotatable bonds is 33. The number of aliphatic carboxylic acids is 1. The fraction of sp³-hybridized carbons (Fsp3) is 0.742. The lowest BCUT2D eigenvalue weighted by Gasteiger charge is -2.17. The Morgan fingerprint density at radius 3 is 1.83 bits per heavy atom. The minimum Gasteiger partial charge on any atom is -0.480 e. The van der Waals surface area contributed by atoms with E-state index in [2.05, 4.69) is 5.32 Å². The van der Waals surface area contributed by atoms with Crippen LogP contribution in [0.3, 0.4) is 0 Å². The monoisotopic (exact) mass is 695 g/mol. The van der Waals surface area contributed by atoms with Crippen molar-refractivity contribution in [1.29, 1.82) is 0 Å². The molecule has 0 bridgehead atoms. The van der Waals surface area contributed by atoms with Crippen LogP contribution < -0.4 is 5.32 Å². The van der Waals surface area contributed by atoms with Crippen molar-refractivity contribution in [3.05, 3.63) is 35.9 Å². The summed E-state index contributed by atoms with van der Waals surface area (Å²) in [5.74, 6) is -0.952. The number of amides is 1. The number of phosphoric ester groups is 1. The van der Waals surface area contributed by atoms with Gasteiger partial charge in [-0.2, -0.15) is 11.8 Å². The second-order valence-corrected chi connectivity index (χ2v) is 12.9. The normalized spacial score (nSPS) is 13.3. The molecule has 15 heteroatoms. The molecule has 2 unspecified atom stereocenters. The minimum absolute atomic E-state index is 0.0225. The summed E-state index contributed by atoms with van der Waals surface area (Å²) < 4.78 is 43.2. The van der Waals surface area contributed by atoms with Crippen molar-refractivity contribution in [2.24, 2.45) is 0 Å². The summed E-state index contributed by atoms with van der Waals surface area (Å²) in [6, 6.07) is 7.25. The van der Waals surface area contributed by atoms with E-state index in [1.165, 1.54) is 37.4 Å². The molecule has 4 N–H and O–H groups in total. The first-order valence-corrected chi connectivity index (χ1v) is 18.7. The van der Waals surface area contributed by atoms with Crippen molar-refractivity contribution in [3.8, 4) is 0 Å². The number of aliphatic hydroxyl groups excluding tert-OH is 1. The van der Waals surface area contributed by atoms with Gasteiger partial charge in [-0.1, -0.05) is 75.3 Å². The maximum absolute atomic E-state index is 12.2. The molecule has 1 amide bonds. The van der Waals surface area contributed by atoms with Crippen molar-refractivity contribution in [2.45, 2.75) is 70.4 Å². The zero-order valence-electron chi connectivity index (χ0n) is 26.9. The van der Waals surface area contributed by atoms with E-state index in [1.807, 2.05) is 0 Å². The Morgan fingerprint density at radius 1 is 0.739 bits per heavy atom. The Labute approximate surface area is 277 Å². The van der Waals surface area contributed by atoms with Gasteiger partial charge in [-0.05, 0) is 24.2 Å². The lowest BCUT2D eigenvalue weighted by atomic mass is 10.1. The summed E-state index contributed by atoms with van der Waals surface area (Å²) in [6.07, 6.45) is 10.2. The number of nitrogens with one attached hydrogen (secondary N) is 1. The number of carbonyl (C=O) groups excluding carboxylic acids is 1. The van der Waals surface area contributed by atoms with Gasteiger partial charge in [-0.15, -0.1) is 0 Å². The smallest absolute Gasteiger partial charge is 0.472 e. The van der Waals surface area contributed by atoms with Gasteiger partial charge in [-0.25, -0.2) is 9.36 Å². The molecule has 13 nitrogen and oxygen atoms in total. The number of carbonyl (C=O) groups is 2. The highest BCUT2D eigenvalue weighted by molar-refractivity contribution is 7.99. The lowest BCUT2D eigenvalue weighted by Crippen LogP contribution is -2.44. The second-order valence-electron chi connectivity index (χ2n) is 10.4. The number of hydrogen-bond acceptors (Lipinski definition) is 11. The average molecular weight is 696 g/mol. The third kappa shape index (κ3) is 26.5. The van der Waals surface area contributed by atoms with E-state index in [-0.39, 0.29) is 19.0 Å². The molecule has 0 radical (unpaired) electrons. The molecule has 0 aliphatic carbocycles. The lowest BCUT2D eigenvalue weighted by molar-refractivity contribution is -0.142. The van der Waals surface area contributed by atoms with E-state index >= 15 is 0 Å². The van der Waals surface area contributed by atoms with Crippen LogP contribution in [0.5, 0.6) is 0 Å². The third-order valence-electron chi connectivity index (χ3n) is 6.44. The van der Waals surface area contributed by atoms with Crippen LogP contribution in [0.1, 0.15) is 63.4 Å². The van der Waals surface area contributed by atoms with Gasteiger partial charge < -0.3 is 39.4 Å². The van der Waals surface area contributed by atoms with Crippen molar-refractivity contribution in [2.75, 3.05) is 77.6 Å². The molecule has 0 spiro atoms. The predicted molar refractivity (Wildman–Crippen MR) is 176 cm³/mol. The fourth-order valence-corrected chi connectivity index (χ4v) is 5.53. The highest BCUT2D eigenvalue weighted by atomic mass is 32.2. The van der Waals surface area contributed by atoms with E-state index in [9.17, 15) is 24.2 Å². The van der Waals surface area contributed by atoms with E-state index in [1.54, 1.807) is 30.3 Å². The van der Waals surface area contributed by atoms with Crippen molar-refractivity contribution in [1.82, 2.24) is 5.32 Å². The maximum atomic E-state index is 12.2. The van der Waals surface area contributed by atoms with Gasteiger partial charge in [0.2, 0.25) is 5.91 Å². The largest absolute Gasteiger partial charge is 0.480 e. The predicted octanol–water partition coefficient (Wildman–Crippen LogP) is 4.19. The maximum Gasteiger partial charge on any atom is 0.472 e. The first-order valence-electron chi connectivity index (χ1n) is 16.0. The quantitative estimate of drug-likeness (QED) is 0.0608. The van der Waals surface area contributed by atoms with E-state index in [0.29, 0.717) is 51.8 Å². The first-order chi connectivity index (χ1) is 22.3. The van der Waals surface area contributed by atoms with Crippen LogP contribution in [0.4, 0.5) is 0 Å². The molecule has 0 heterocycles. The number of phosphoric acid groups is 1. The number of aliphatic hydroxyl groups is 1. The summed E-state index contributed by atoms with van der Waals surface area (Å²) in [4.78, 5) is 33.5. The van der Waals surface area contributed by atoms with E-state index in [0.717, 1.165) is 44.5 Å². The summed E-state index contributed by atoms with van der Waals surface area (Å²) in [7, 11) is -4.49. The number of carboxylic acid groups (broad SMARTS) is 1. The van der Waals surface area contributed by atoms with Crippen LogP contribution in [0.2, 0.25) is 0 Å². The van der Waals surface area contributed by atoms with Gasteiger partial charge in [0.05, 0.1) is 71.8 Å². The molecule has 0 saturated heterocycles. The molecule has 0 saturated carbocycles. The molecule has 1 rings (SSSR count). The van der Waals surface area contributed by atoms with Crippen LogP contribution in [-0.2, 0) is 48.8 Å². The van der Waals surface area contributed by atoms with Crippen LogP contribution in [0.25, 0.3) is 0 Å². The van der Waals surface area contributed by atoms with Crippen LogP contribution in [0, 0.1) is 0 Å². The highest BCUT2D eigenvalue weighted by Gasteiger charge is 2.27. The zero-order chi connectivity index (χ0) is 33.6. The Hall–Kier alpha value is -1.58. The highest BCUT2D eigenvalue weighted by Crippen LogP contribution is 2.44. The summed E-state index contributed by atoms with van der Waals surface area (Å²) in [5, 5.41) is 20.3. The molecular weight excluding hydrogens is 641 g/mol. The van der Waals surface area contributed by atoms with E-state index in [4.69, 9.17) is 33.1 Å². The number of unbranched alkanes of at least 4 members (excludes halogenated alkanes) is 8. The molecule has 2 atom stereocenters. The van der Waals surface area contributed by atoms with Crippen LogP contribution in [0.15, 0.2) is 30.3 Å². The number of ether oxygens (including phenoxy) is 4. The van der Waals surface area contributed by atoms with Gasteiger partial charge in [0.25, 0.3) is 0 Å². The first kappa shape index (κ1) is 42.4. The Balaban J connectivity index is 1.89. The molecule has 1 aromatic rings. The van der Waals surface area contributed by atoms with Gasteiger partial charge in [0, 0.05) is 6.61 Å². The van der Waals surface area contributed by atoms with Crippen molar-refractivity contribution < 1.29 is 57.3 Å². The molecular formula is C31H54NO12PS. The molecule has 0 fully saturated rings. The standard InChI is InChI=1S/C31H54NO12PS/c33-15-17-40-19-21-42-23-22-41-20-18-39-16-11-6-4-2-1-3-5-7-12-24-46-27-30(34)32-29(31(35)36)26-44-45(37,38)43-25-28-13-9-8-10-14-28/h8-10,13-14,29,33H,1-7,11-12,15-27H2,(H,32,34)(H,35,36)(H,37,38). The van der Waals surface area contributed by atoms with Gasteiger partial charge in [0.15, 0.2) is 6.04 Å². The van der Waals surface area contributed by atoms with E-state index < -0.39 is 32.3 Å². The molecule has 46 heavy (non-hydrogen) atoms. The Morgan fingerprint density at radius 2 is 1.26 bits per heavy atom. The molecule has 1 aromatic carbocycles. The molecule has 0 aliphatic rings. The Kier molecular flexibility index (Phi) is 27.3. The van der Waals surface area contributed by atoms with Crippen LogP contribution in [-0.4, -0.2) is 111 Å². The topological polar surface area (TPSA) is 179 Å². The third-order valence-corrected chi connectivity index (χ3v) is 8.41. The number of benzene rings is 1. The fourth-order valence-electron chi connectivity index (χ4n) is 3.98. The molecule has 0 aromatic heterocycles. The number of thioether (sulfide) groups is 1. The molecule has 266 valence electrons.